The van der Waals surface area contributed by atoms with Crippen LogP contribution in [0.1, 0.15) is 16.8 Å². The van der Waals surface area contributed by atoms with E-state index in [0.29, 0.717) is 27.6 Å². The van der Waals surface area contributed by atoms with Gasteiger partial charge in [0, 0.05) is 37.8 Å². The first-order valence-corrected chi connectivity index (χ1v) is 10.3. The SMILES string of the molecule is COC(=O)c1ccc(NC(=O)C2CC(O)CN2C(=O)Nc2ccc(Cl)cc2)c(N(C)C)c1. The number of hydrogen-bond donors (Lipinski definition) is 3. The zero-order valence-corrected chi connectivity index (χ0v) is 18.7. The van der Waals surface area contributed by atoms with Gasteiger partial charge in [0.05, 0.1) is 30.2 Å². The predicted octanol–water partition coefficient (Wildman–Crippen LogP) is 2.80. The number of anilines is 3. The highest BCUT2D eigenvalue weighted by Gasteiger charge is 2.39. The summed E-state index contributed by atoms with van der Waals surface area (Å²) in [6, 6.07) is 9.96. The highest BCUT2D eigenvalue weighted by molar-refractivity contribution is 6.30. The number of likely N-dealkylation sites (tertiary alicyclic amines) is 1. The van der Waals surface area contributed by atoms with Gasteiger partial charge in [0.15, 0.2) is 0 Å². The van der Waals surface area contributed by atoms with Gasteiger partial charge in [0.2, 0.25) is 5.91 Å². The van der Waals surface area contributed by atoms with Crippen LogP contribution in [-0.4, -0.2) is 67.8 Å². The summed E-state index contributed by atoms with van der Waals surface area (Å²) < 4.78 is 4.75. The average Bonchev–Trinajstić information content (AvgIpc) is 3.17. The molecule has 1 aliphatic heterocycles. The lowest BCUT2D eigenvalue weighted by Crippen LogP contribution is -2.45. The lowest BCUT2D eigenvalue weighted by atomic mass is 10.1. The fraction of sp³-hybridized carbons (Fsp3) is 0.318. The van der Waals surface area contributed by atoms with E-state index in [2.05, 4.69) is 10.6 Å². The van der Waals surface area contributed by atoms with Gasteiger partial charge < -0.3 is 30.3 Å². The molecule has 0 aliphatic carbocycles. The summed E-state index contributed by atoms with van der Waals surface area (Å²) in [5.41, 5.74) is 1.92. The summed E-state index contributed by atoms with van der Waals surface area (Å²) in [4.78, 5) is 40.7. The van der Waals surface area contributed by atoms with Gasteiger partial charge in [-0.2, -0.15) is 0 Å². The number of esters is 1. The minimum absolute atomic E-state index is 0.0271. The zero-order chi connectivity index (χ0) is 23.4. The molecule has 9 nitrogen and oxygen atoms in total. The van der Waals surface area contributed by atoms with Crippen molar-refractivity contribution in [3.63, 3.8) is 0 Å². The monoisotopic (exact) mass is 460 g/mol. The Hall–Kier alpha value is -3.30. The molecule has 32 heavy (non-hydrogen) atoms. The average molecular weight is 461 g/mol. The van der Waals surface area contributed by atoms with Crippen LogP contribution in [-0.2, 0) is 9.53 Å². The number of methoxy groups -OCH3 is 1. The number of carbonyl (C=O) groups is 3. The smallest absolute Gasteiger partial charge is 0.337 e. The van der Waals surface area contributed by atoms with Gasteiger partial charge in [-0.25, -0.2) is 9.59 Å². The van der Waals surface area contributed by atoms with Crippen molar-refractivity contribution in [2.24, 2.45) is 0 Å². The van der Waals surface area contributed by atoms with E-state index in [0.717, 1.165) is 0 Å². The van der Waals surface area contributed by atoms with Crippen molar-refractivity contribution in [2.75, 3.05) is 43.3 Å². The van der Waals surface area contributed by atoms with E-state index in [4.69, 9.17) is 16.3 Å². The second kappa shape index (κ2) is 9.88. The molecule has 0 saturated carbocycles. The minimum Gasteiger partial charge on any atom is -0.465 e. The number of nitrogens with zero attached hydrogens (tertiary/aromatic N) is 2. The molecule has 0 aromatic heterocycles. The Morgan fingerprint density at radius 3 is 2.44 bits per heavy atom. The molecule has 1 aliphatic rings. The van der Waals surface area contributed by atoms with Crippen molar-refractivity contribution < 1.29 is 24.2 Å². The van der Waals surface area contributed by atoms with E-state index in [1.807, 2.05) is 0 Å². The minimum atomic E-state index is -0.868. The summed E-state index contributed by atoms with van der Waals surface area (Å²) in [5.74, 6) is -0.934. The fourth-order valence-electron chi connectivity index (χ4n) is 3.48. The fourth-order valence-corrected chi connectivity index (χ4v) is 3.61. The number of aliphatic hydroxyl groups is 1. The first-order valence-electron chi connectivity index (χ1n) is 9.91. The molecule has 170 valence electrons. The van der Waals surface area contributed by atoms with Crippen LogP contribution < -0.4 is 15.5 Å². The van der Waals surface area contributed by atoms with Gasteiger partial charge in [0.1, 0.15) is 6.04 Å². The maximum atomic E-state index is 13.1. The molecular weight excluding hydrogens is 436 g/mol. The number of nitrogens with one attached hydrogen (secondary N) is 2. The summed E-state index contributed by atoms with van der Waals surface area (Å²) in [7, 11) is 4.84. The summed E-state index contributed by atoms with van der Waals surface area (Å²) >= 11 is 5.87. The number of β-amino-alcohol motifs (C(OH)–C–C–N with tert-alkyl or cyclic N) is 1. The van der Waals surface area contributed by atoms with E-state index in [9.17, 15) is 19.5 Å². The van der Waals surface area contributed by atoms with Crippen molar-refractivity contribution in [1.82, 2.24) is 4.90 Å². The molecule has 2 unspecified atom stereocenters. The Kier molecular flexibility index (Phi) is 7.22. The van der Waals surface area contributed by atoms with Crippen LogP contribution in [0.15, 0.2) is 42.5 Å². The molecule has 2 aromatic rings. The van der Waals surface area contributed by atoms with E-state index < -0.39 is 30.1 Å². The maximum absolute atomic E-state index is 13.1. The topological polar surface area (TPSA) is 111 Å². The maximum Gasteiger partial charge on any atom is 0.337 e. The van der Waals surface area contributed by atoms with Crippen LogP contribution in [0.2, 0.25) is 5.02 Å². The summed E-state index contributed by atoms with van der Waals surface area (Å²) in [5, 5.41) is 16.2. The van der Waals surface area contributed by atoms with Crippen LogP contribution in [0.25, 0.3) is 0 Å². The third kappa shape index (κ3) is 5.30. The molecule has 2 atom stereocenters. The lowest BCUT2D eigenvalue weighted by molar-refractivity contribution is -0.119. The number of rotatable bonds is 5. The molecule has 1 fully saturated rings. The number of urea groups is 1. The molecule has 3 amide bonds. The van der Waals surface area contributed by atoms with Crippen molar-refractivity contribution in [1.29, 1.82) is 0 Å². The summed E-state index contributed by atoms with van der Waals surface area (Å²) in [6.45, 7) is 0.0271. The van der Waals surface area contributed by atoms with Crippen LogP contribution in [0.3, 0.4) is 0 Å². The zero-order valence-electron chi connectivity index (χ0n) is 18.0. The third-order valence-corrected chi connectivity index (χ3v) is 5.35. The Labute approximate surface area is 190 Å². The first kappa shape index (κ1) is 23.4. The van der Waals surface area contributed by atoms with Crippen molar-refractivity contribution in [3.8, 4) is 0 Å². The number of amides is 3. The largest absolute Gasteiger partial charge is 0.465 e. The molecular formula is C22H25ClN4O5. The van der Waals surface area contributed by atoms with E-state index in [1.165, 1.54) is 12.0 Å². The first-order chi connectivity index (χ1) is 15.2. The molecule has 3 N–H and O–H groups in total. The third-order valence-electron chi connectivity index (χ3n) is 5.10. The number of hydrogen-bond acceptors (Lipinski definition) is 6. The van der Waals surface area contributed by atoms with Crippen molar-refractivity contribution in [2.45, 2.75) is 18.6 Å². The van der Waals surface area contributed by atoms with E-state index in [-0.39, 0.29) is 13.0 Å². The van der Waals surface area contributed by atoms with E-state index >= 15 is 0 Å². The molecule has 0 bridgehead atoms. The van der Waals surface area contributed by atoms with Gasteiger partial charge in [-0.05, 0) is 42.5 Å². The van der Waals surface area contributed by atoms with Gasteiger partial charge in [-0.15, -0.1) is 0 Å². The van der Waals surface area contributed by atoms with Crippen LogP contribution in [0.5, 0.6) is 0 Å². The molecule has 2 aromatic carbocycles. The highest BCUT2D eigenvalue weighted by atomic mass is 35.5. The van der Waals surface area contributed by atoms with Crippen LogP contribution >= 0.6 is 11.6 Å². The van der Waals surface area contributed by atoms with Gasteiger partial charge in [-0.1, -0.05) is 11.6 Å². The van der Waals surface area contributed by atoms with Gasteiger partial charge in [0.25, 0.3) is 0 Å². The Bertz CT molecular complexity index is 1010. The van der Waals surface area contributed by atoms with Crippen LogP contribution in [0, 0.1) is 0 Å². The van der Waals surface area contributed by atoms with Gasteiger partial charge >= 0.3 is 12.0 Å². The molecule has 0 radical (unpaired) electrons. The molecule has 3 rings (SSSR count). The Morgan fingerprint density at radius 1 is 1.12 bits per heavy atom. The number of ether oxygens (including phenoxy) is 1. The Balaban J connectivity index is 1.77. The van der Waals surface area contributed by atoms with Gasteiger partial charge in [-0.3, -0.25) is 4.79 Å². The molecule has 0 spiro atoms. The lowest BCUT2D eigenvalue weighted by Gasteiger charge is -2.25. The van der Waals surface area contributed by atoms with Crippen LogP contribution in [0.4, 0.5) is 21.9 Å². The standard InChI is InChI=1S/C22H25ClN4O5/c1-26(2)18-10-13(21(30)32-3)4-9-17(18)25-20(29)19-11-16(28)12-27(19)22(31)24-15-7-5-14(23)6-8-15/h4-10,16,19,28H,11-12H2,1-3H3,(H,24,31)(H,25,29). The highest BCUT2D eigenvalue weighted by Crippen LogP contribution is 2.28. The van der Waals surface area contributed by atoms with E-state index in [1.54, 1.807) is 61.5 Å². The quantitative estimate of drug-likeness (QED) is 0.592. The molecule has 10 heteroatoms. The predicted molar refractivity (Wildman–Crippen MR) is 122 cm³/mol. The summed E-state index contributed by atoms with van der Waals surface area (Å²) in [6.07, 6.45) is -0.714. The van der Waals surface area contributed by atoms with Crippen molar-refractivity contribution in [3.05, 3.63) is 53.1 Å². The number of halogens is 1. The molecule has 1 saturated heterocycles. The van der Waals surface area contributed by atoms with Crippen molar-refractivity contribution >= 4 is 46.6 Å². The number of aliphatic hydroxyl groups excluding tert-OH is 1. The molecule has 1 heterocycles. The second-order valence-electron chi connectivity index (χ2n) is 7.60. The number of carbonyl (C=O) groups excluding carboxylic acids is 3. The number of benzene rings is 2. The normalized spacial score (nSPS) is 17.6. The Morgan fingerprint density at radius 2 is 1.81 bits per heavy atom. The second-order valence-corrected chi connectivity index (χ2v) is 8.04.